The molecule has 9 heteroatoms. The molecule has 0 atom stereocenters. The van der Waals surface area contributed by atoms with Gasteiger partial charge in [0.2, 0.25) is 0 Å². The third kappa shape index (κ3) is 4.86. The molecule has 0 unspecified atom stereocenters. The third-order valence-electron chi connectivity index (χ3n) is 6.10. The van der Waals surface area contributed by atoms with Gasteiger partial charge in [-0.05, 0) is 49.9 Å². The summed E-state index contributed by atoms with van der Waals surface area (Å²) in [5.41, 5.74) is 5.86. The molecule has 0 spiro atoms. The summed E-state index contributed by atoms with van der Waals surface area (Å²) in [7, 11) is 3.85. The average Bonchev–Trinajstić information content (AvgIpc) is 3.53. The zero-order valence-corrected chi connectivity index (χ0v) is 20.3. The second-order valence-electron chi connectivity index (χ2n) is 9.01. The SMILES string of the molecule is CN(C)C=C1CCc2nn(-c3cccnc3)cc2C1=O.O=C1CCCc2nn(-c3cccnc3)cc21. The van der Waals surface area contributed by atoms with Crippen molar-refractivity contribution in [3.63, 3.8) is 0 Å². The highest BCUT2D eigenvalue weighted by Gasteiger charge is 2.25. The Bertz CT molecular complexity index is 1420. The van der Waals surface area contributed by atoms with Crippen LogP contribution < -0.4 is 0 Å². The van der Waals surface area contributed by atoms with Gasteiger partial charge in [-0.2, -0.15) is 10.2 Å². The smallest absolute Gasteiger partial charge is 0.193 e. The summed E-state index contributed by atoms with van der Waals surface area (Å²) in [6.45, 7) is 0. The van der Waals surface area contributed by atoms with E-state index < -0.39 is 0 Å². The van der Waals surface area contributed by atoms with Crippen LogP contribution in [0.25, 0.3) is 11.4 Å². The molecular formula is C27H27N7O2. The second-order valence-corrected chi connectivity index (χ2v) is 9.01. The van der Waals surface area contributed by atoms with Gasteiger partial charge in [-0.1, -0.05) is 0 Å². The van der Waals surface area contributed by atoms with Crippen molar-refractivity contribution in [3.8, 4) is 11.4 Å². The van der Waals surface area contributed by atoms with Gasteiger partial charge in [-0.3, -0.25) is 19.6 Å². The molecule has 0 aromatic carbocycles. The number of carbonyl (C=O) groups excluding carboxylic acids is 2. The van der Waals surface area contributed by atoms with Gasteiger partial charge in [0.15, 0.2) is 11.6 Å². The van der Waals surface area contributed by atoms with Crippen LogP contribution in [0.5, 0.6) is 0 Å². The minimum absolute atomic E-state index is 0.0788. The van der Waals surface area contributed by atoms with Crippen molar-refractivity contribution < 1.29 is 9.59 Å². The van der Waals surface area contributed by atoms with E-state index in [2.05, 4.69) is 20.2 Å². The van der Waals surface area contributed by atoms with Gasteiger partial charge in [-0.25, -0.2) is 9.36 Å². The van der Waals surface area contributed by atoms with E-state index in [0.717, 1.165) is 59.6 Å². The number of aromatic nitrogens is 6. The molecule has 0 N–H and O–H groups in total. The first kappa shape index (κ1) is 23.3. The first-order valence-electron chi connectivity index (χ1n) is 11.9. The molecule has 4 aromatic heterocycles. The van der Waals surface area contributed by atoms with Crippen LogP contribution in [0.2, 0.25) is 0 Å². The Balaban J connectivity index is 0.000000152. The molecule has 0 amide bonds. The number of nitrogens with zero attached hydrogens (tertiary/aromatic N) is 7. The van der Waals surface area contributed by atoms with E-state index in [-0.39, 0.29) is 11.6 Å². The lowest BCUT2D eigenvalue weighted by atomic mass is 9.92. The van der Waals surface area contributed by atoms with Gasteiger partial charge >= 0.3 is 0 Å². The normalized spacial score (nSPS) is 15.7. The number of ketones is 2. The molecule has 9 nitrogen and oxygen atoms in total. The van der Waals surface area contributed by atoms with Gasteiger partial charge in [0.05, 0.1) is 46.3 Å². The number of Topliss-reactive ketones (excluding diaryl/α,β-unsaturated/α-hetero) is 2. The molecule has 36 heavy (non-hydrogen) atoms. The number of hydrogen-bond donors (Lipinski definition) is 0. The quantitative estimate of drug-likeness (QED) is 0.412. The van der Waals surface area contributed by atoms with Gasteiger partial charge < -0.3 is 4.90 Å². The van der Waals surface area contributed by atoms with Crippen LogP contribution in [-0.4, -0.2) is 60.1 Å². The molecule has 0 fully saturated rings. The lowest BCUT2D eigenvalue weighted by Gasteiger charge is -2.14. The summed E-state index contributed by atoms with van der Waals surface area (Å²) >= 11 is 0. The topological polar surface area (TPSA) is 98.8 Å². The Morgan fingerprint density at radius 1 is 0.806 bits per heavy atom. The van der Waals surface area contributed by atoms with Gasteiger partial charge in [0, 0.05) is 57.1 Å². The van der Waals surface area contributed by atoms with E-state index in [1.54, 1.807) is 40.3 Å². The Morgan fingerprint density at radius 3 is 1.97 bits per heavy atom. The minimum atomic E-state index is 0.0788. The molecule has 2 aliphatic rings. The molecule has 0 saturated heterocycles. The summed E-state index contributed by atoms with van der Waals surface area (Å²) in [6.07, 6.45) is 16.4. The van der Waals surface area contributed by atoms with Crippen molar-refractivity contribution in [2.24, 2.45) is 0 Å². The molecule has 0 saturated carbocycles. The minimum Gasteiger partial charge on any atom is -0.383 e. The summed E-state index contributed by atoms with van der Waals surface area (Å²) in [5.74, 6) is 0.284. The highest BCUT2D eigenvalue weighted by atomic mass is 16.1. The van der Waals surface area contributed by atoms with Crippen LogP contribution >= 0.6 is 0 Å². The molecule has 0 radical (unpaired) electrons. The maximum absolute atomic E-state index is 12.4. The number of rotatable bonds is 3. The molecule has 4 heterocycles. The van der Waals surface area contributed by atoms with Crippen LogP contribution in [0.15, 0.2) is 73.2 Å². The van der Waals surface area contributed by atoms with Gasteiger partial charge in [-0.15, -0.1) is 0 Å². The zero-order valence-electron chi connectivity index (χ0n) is 20.3. The number of allylic oxidation sites excluding steroid dienone is 1. The standard InChI is InChI=1S/C15H16N4O.C12H11N3O/c1-18(2)9-11-5-6-14-13(15(11)20)10-19(17-14)12-4-3-7-16-8-12;16-12-5-1-4-11-10(12)8-15(14-11)9-3-2-6-13-7-9/h3-4,7-10H,5-6H2,1-2H3;2-3,6-8H,1,4-5H2. The molecule has 0 bridgehead atoms. The molecule has 0 aliphatic heterocycles. The Morgan fingerprint density at radius 2 is 1.42 bits per heavy atom. The van der Waals surface area contributed by atoms with Crippen LogP contribution in [0.4, 0.5) is 0 Å². The first-order valence-corrected chi connectivity index (χ1v) is 11.9. The molecule has 4 aromatic rings. The van der Waals surface area contributed by atoms with Crippen molar-refractivity contribution in [1.29, 1.82) is 0 Å². The van der Waals surface area contributed by atoms with Crippen molar-refractivity contribution in [2.45, 2.75) is 32.1 Å². The number of fused-ring (bicyclic) bond motifs is 2. The number of carbonyl (C=O) groups is 2. The highest BCUT2D eigenvalue weighted by molar-refractivity contribution is 6.10. The predicted octanol–water partition coefficient (Wildman–Crippen LogP) is 3.63. The number of hydrogen-bond acceptors (Lipinski definition) is 7. The second kappa shape index (κ2) is 10.1. The van der Waals surface area contributed by atoms with Crippen molar-refractivity contribution in [3.05, 3.63) is 95.7 Å². The van der Waals surface area contributed by atoms with Crippen molar-refractivity contribution in [2.75, 3.05) is 14.1 Å². The van der Waals surface area contributed by atoms with E-state index in [0.29, 0.717) is 12.0 Å². The maximum atomic E-state index is 12.4. The Labute approximate surface area is 209 Å². The number of pyridine rings is 2. The largest absolute Gasteiger partial charge is 0.383 e. The Kier molecular flexibility index (Phi) is 6.53. The number of aryl methyl sites for hydroxylation is 2. The van der Waals surface area contributed by atoms with Crippen LogP contribution in [0, 0.1) is 0 Å². The fourth-order valence-electron chi connectivity index (χ4n) is 4.38. The zero-order chi connectivity index (χ0) is 25.1. The Hall–Kier alpha value is -4.40. The third-order valence-corrected chi connectivity index (χ3v) is 6.10. The van der Waals surface area contributed by atoms with Crippen molar-refractivity contribution >= 4 is 11.6 Å². The molecule has 6 rings (SSSR count). The maximum Gasteiger partial charge on any atom is 0.193 e. The van der Waals surface area contributed by atoms with E-state index >= 15 is 0 Å². The monoisotopic (exact) mass is 481 g/mol. The van der Waals surface area contributed by atoms with E-state index in [1.807, 2.05) is 55.7 Å². The lowest BCUT2D eigenvalue weighted by molar-refractivity contribution is 0.0971. The molecule has 2 aliphatic carbocycles. The predicted molar refractivity (Wildman–Crippen MR) is 134 cm³/mol. The highest BCUT2D eigenvalue weighted by Crippen LogP contribution is 2.25. The van der Waals surface area contributed by atoms with Crippen LogP contribution in [-0.2, 0) is 12.8 Å². The van der Waals surface area contributed by atoms with Crippen molar-refractivity contribution in [1.82, 2.24) is 34.4 Å². The van der Waals surface area contributed by atoms with E-state index in [9.17, 15) is 9.59 Å². The average molecular weight is 482 g/mol. The van der Waals surface area contributed by atoms with Crippen LogP contribution in [0.1, 0.15) is 51.4 Å². The summed E-state index contributed by atoms with van der Waals surface area (Å²) < 4.78 is 3.47. The fraction of sp³-hybridized carbons (Fsp3) is 0.259. The molecule has 182 valence electrons. The summed E-state index contributed by atoms with van der Waals surface area (Å²) in [5, 5.41) is 8.93. The summed E-state index contributed by atoms with van der Waals surface area (Å²) in [6, 6.07) is 7.56. The first-order chi connectivity index (χ1) is 17.5. The van der Waals surface area contributed by atoms with E-state index in [4.69, 9.17) is 0 Å². The fourth-order valence-corrected chi connectivity index (χ4v) is 4.38. The van der Waals surface area contributed by atoms with E-state index in [1.165, 1.54) is 0 Å². The summed E-state index contributed by atoms with van der Waals surface area (Å²) in [4.78, 5) is 34.1. The molecular weight excluding hydrogens is 454 g/mol. The lowest BCUT2D eigenvalue weighted by Crippen LogP contribution is -2.16. The van der Waals surface area contributed by atoms with Gasteiger partial charge in [0.25, 0.3) is 0 Å². The van der Waals surface area contributed by atoms with Gasteiger partial charge in [0.1, 0.15) is 0 Å². The van der Waals surface area contributed by atoms with Crippen LogP contribution in [0.3, 0.4) is 0 Å².